The van der Waals surface area contributed by atoms with E-state index in [0.29, 0.717) is 11.8 Å². The van der Waals surface area contributed by atoms with E-state index < -0.39 is 11.9 Å². The van der Waals surface area contributed by atoms with Crippen LogP contribution in [0.4, 0.5) is 4.39 Å². The summed E-state index contributed by atoms with van der Waals surface area (Å²) in [5, 5.41) is 9.21. The first-order chi connectivity index (χ1) is 6.13. The van der Waals surface area contributed by atoms with Crippen LogP contribution in [0.25, 0.3) is 0 Å². The molecule has 1 atom stereocenters. The average Bonchev–Trinajstić information content (AvgIpc) is 2.09. The molecule has 0 radical (unpaired) electrons. The van der Waals surface area contributed by atoms with Crippen molar-refractivity contribution in [2.24, 2.45) is 0 Å². The molecule has 1 aromatic carbocycles. The van der Waals surface area contributed by atoms with Gasteiger partial charge in [-0.2, -0.15) is 0 Å². The molecule has 1 N–H and O–H groups in total. The predicted octanol–water partition coefficient (Wildman–Crippen LogP) is 1.58. The minimum absolute atomic E-state index is 0.114. The highest BCUT2D eigenvalue weighted by molar-refractivity contribution is 6.31. The van der Waals surface area contributed by atoms with Gasteiger partial charge in [0, 0.05) is 11.4 Å². The molecule has 0 aliphatic carbocycles. The van der Waals surface area contributed by atoms with E-state index in [-0.39, 0.29) is 11.4 Å². The van der Waals surface area contributed by atoms with Gasteiger partial charge in [0.25, 0.3) is 0 Å². The van der Waals surface area contributed by atoms with Gasteiger partial charge in [-0.25, -0.2) is 4.39 Å². The number of aliphatic hydroxyl groups is 1. The molecule has 0 aliphatic heterocycles. The minimum atomic E-state index is -1.08. The Morgan fingerprint density at radius 2 is 2.31 bits per heavy atom. The molecule has 1 rings (SSSR count). The van der Waals surface area contributed by atoms with Crippen LogP contribution in [0.5, 0.6) is 0 Å². The van der Waals surface area contributed by atoms with E-state index in [4.69, 9.17) is 16.7 Å². The number of hydrogen-bond donors (Lipinski definition) is 1. The van der Waals surface area contributed by atoms with Gasteiger partial charge in [0.1, 0.15) is 18.2 Å². The summed E-state index contributed by atoms with van der Waals surface area (Å²) in [6.07, 6.45) is -0.551. The van der Waals surface area contributed by atoms with E-state index >= 15 is 0 Å². The standard InChI is InChI=1S/C9H8ClFO2/c10-9-4-7(11)2-1-6(9)3-8(13)5-12/h1-2,4-5,8,13H,3H2. The van der Waals surface area contributed by atoms with Gasteiger partial charge >= 0.3 is 0 Å². The van der Waals surface area contributed by atoms with Gasteiger partial charge in [0.2, 0.25) is 0 Å². The zero-order valence-electron chi connectivity index (χ0n) is 6.71. The monoisotopic (exact) mass is 202 g/mol. The number of rotatable bonds is 3. The largest absolute Gasteiger partial charge is 0.385 e. The topological polar surface area (TPSA) is 37.3 Å². The van der Waals surface area contributed by atoms with Crippen molar-refractivity contribution in [2.75, 3.05) is 0 Å². The Morgan fingerprint density at radius 3 is 2.85 bits per heavy atom. The minimum Gasteiger partial charge on any atom is -0.385 e. The van der Waals surface area contributed by atoms with Crippen molar-refractivity contribution in [3.05, 3.63) is 34.6 Å². The fourth-order valence-electron chi connectivity index (χ4n) is 0.961. The van der Waals surface area contributed by atoms with Crippen molar-refractivity contribution in [3.63, 3.8) is 0 Å². The SMILES string of the molecule is O=CC(O)Cc1ccc(F)cc1Cl. The number of aldehydes is 1. The van der Waals surface area contributed by atoms with Gasteiger partial charge in [0.05, 0.1) is 0 Å². The van der Waals surface area contributed by atoms with Crippen molar-refractivity contribution in [1.29, 1.82) is 0 Å². The first-order valence-electron chi connectivity index (χ1n) is 3.71. The van der Waals surface area contributed by atoms with E-state index in [1.165, 1.54) is 12.1 Å². The fourth-order valence-corrected chi connectivity index (χ4v) is 1.21. The van der Waals surface area contributed by atoms with Crippen LogP contribution in [0.2, 0.25) is 5.02 Å². The van der Waals surface area contributed by atoms with E-state index in [1.807, 2.05) is 0 Å². The molecule has 0 saturated carbocycles. The maximum Gasteiger partial charge on any atom is 0.148 e. The van der Waals surface area contributed by atoms with Crippen LogP contribution in [0, 0.1) is 5.82 Å². The lowest BCUT2D eigenvalue weighted by Gasteiger charge is -2.05. The van der Waals surface area contributed by atoms with Crippen LogP contribution in [-0.2, 0) is 11.2 Å². The molecule has 1 aromatic rings. The molecule has 0 aliphatic rings. The number of halogens is 2. The van der Waals surface area contributed by atoms with Gasteiger partial charge in [-0.3, -0.25) is 0 Å². The van der Waals surface area contributed by atoms with Crippen LogP contribution in [0.15, 0.2) is 18.2 Å². The lowest BCUT2D eigenvalue weighted by atomic mass is 10.1. The van der Waals surface area contributed by atoms with Crippen LogP contribution in [0.1, 0.15) is 5.56 Å². The Labute approximate surface area is 80.0 Å². The van der Waals surface area contributed by atoms with E-state index in [0.717, 1.165) is 6.07 Å². The third kappa shape index (κ3) is 2.79. The number of carbonyl (C=O) groups excluding carboxylic acids is 1. The Morgan fingerprint density at radius 1 is 1.62 bits per heavy atom. The molecule has 0 spiro atoms. The fraction of sp³-hybridized carbons (Fsp3) is 0.222. The second-order valence-electron chi connectivity index (χ2n) is 2.64. The van der Waals surface area contributed by atoms with Crippen LogP contribution >= 0.6 is 11.6 Å². The van der Waals surface area contributed by atoms with Gasteiger partial charge in [-0.1, -0.05) is 17.7 Å². The Hall–Kier alpha value is -0.930. The average molecular weight is 203 g/mol. The molecule has 0 fully saturated rings. The smallest absolute Gasteiger partial charge is 0.148 e. The van der Waals surface area contributed by atoms with E-state index in [9.17, 15) is 9.18 Å². The predicted molar refractivity (Wildman–Crippen MR) is 47.2 cm³/mol. The lowest BCUT2D eigenvalue weighted by Crippen LogP contribution is -2.11. The molecule has 0 saturated heterocycles. The highest BCUT2D eigenvalue weighted by atomic mass is 35.5. The third-order valence-corrected chi connectivity index (χ3v) is 1.95. The molecule has 0 amide bonds. The zero-order chi connectivity index (χ0) is 9.84. The van der Waals surface area contributed by atoms with Crippen LogP contribution in [-0.4, -0.2) is 17.5 Å². The van der Waals surface area contributed by atoms with Crippen molar-refractivity contribution >= 4 is 17.9 Å². The van der Waals surface area contributed by atoms with Crippen molar-refractivity contribution in [3.8, 4) is 0 Å². The molecule has 0 bridgehead atoms. The van der Waals surface area contributed by atoms with Gasteiger partial charge in [-0.05, 0) is 17.7 Å². The van der Waals surface area contributed by atoms with Gasteiger partial charge < -0.3 is 9.90 Å². The quantitative estimate of drug-likeness (QED) is 0.756. The summed E-state index contributed by atoms with van der Waals surface area (Å²) in [7, 11) is 0. The van der Waals surface area contributed by atoms with E-state index in [2.05, 4.69) is 0 Å². The number of carbonyl (C=O) groups is 1. The summed E-state index contributed by atoms with van der Waals surface area (Å²) >= 11 is 5.66. The molecule has 13 heavy (non-hydrogen) atoms. The van der Waals surface area contributed by atoms with Gasteiger partial charge in [0.15, 0.2) is 0 Å². The maximum atomic E-state index is 12.6. The van der Waals surface area contributed by atoms with Crippen LogP contribution < -0.4 is 0 Å². The Kier molecular flexibility index (Phi) is 3.39. The zero-order valence-corrected chi connectivity index (χ0v) is 7.46. The molecule has 0 aromatic heterocycles. The summed E-state index contributed by atoms with van der Waals surface area (Å²) < 4.78 is 12.6. The van der Waals surface area contributed by atoms with E-state index in [1.54, 1.807) is 0 Å². The summed E-state index contributed by atoms with van der Waals surface area (Å²) in [5.41, 5.74) is 0.558. The molecule has 70 valence electrons. The molecular weight excluding hydrogens is 195 g/mol. The maximum absolute atomic E-state index is 12.6. The Balaban J connectivity index is 2.83. The number of benzene rings is 1. The summed E-state index contributed by atoms with van der Waals surface area (Å²) in [5.74, 6) is -0.436. The first kappa shape index (κ1) is 10.2. The second-order valence-corrected chi connectivity index (χ2v) is 3.05. The first-order valence-corrected chi connectivity index (χ1v) is 4.08. The number of aliphatic hydroxyl groups excluding tert-OH is 1. The highest BCUT2D eigenvalue weighted by Crippen LogP contribution is 2.18. The normalized spacial score (nSPS) is 12.5. The lowest BCUT2D eigenvalue weighted by molar-refractivity contribution is -0.114. The third-order valence-electron chi connectivity index (χ3n) is 1.60. The van der Waals surface area contributed by atoms with Crippen molar-refractivity contribution in [2.45, 2.75) is 12.5 Å². The molecular formula is C9H8ClFO2. The molecule has 0 heterocycles. The summed E-state index contributed by atoms with van der Waals surface area (Å²) in [4.78, 5) is 10.1. The molecule has 4 heteroatoms. The van der Waals surface area contributed by atoms with Crippen molar-refractivity contribution in [1.82, 2.24) is 0 Å². The highest BCUT2D eigenvalue weighted by Gasteiger charge is 2.07. The Bertz CT molecular complexity index is 314. The molecule has 1 unspecified atom stereocenters. The van der Waals surface area contributed by atoms with Crippen LogP contribution in [0.3, 0.4) is 0 Å². The molecule has 2 nitrogen and oxygen atoms in total. The van der Waals surface area contributed by atoms with Gasteiger partial charge in [-0.15, -0.1) is 0 Å². The second kappa shape index (κ2) is 4.35. The number of hydrogen-bond acceptors (Lipinski definition) is 2. The summed E-state index contributed by atoms with van der Waals surface area (Å²) in [6.45, 7) is 0. The van der Waals surface area contributed by atoms with Crippen molar-refractivity contribution < 1.29 is 14.3 Å². The summed E-state index contributed by atoms with van der Waals surface area (Å²) in [6, 6.07) is 3.83.